The summed E-state index contributed by atoms with van der Waals surface area (Å²) in [5.74, 6) is -0.662. The number of hydrogen-bond donors (Lipinski definition) is 1. The summed E-state index contributed by atoms with van der Waals surface area (Å²) >= 11 is 0. The Morgan fingerprint density at radius 2 is 2.13 bits per heavy atom. The van der Waals surface area contributed by atoms with E-state index in [9.17, 15) is 9.18 Å². The van der Waals surface area contributed by atoms with Crippen LogP contribution in [0.2, 0.25) is 0 Å². The zero-order valence-electron chi connectivity index (χ0n) is 12.1. The summed E-state index contributed by atoms with van der Waals surface area (Å²) < 4.78 is 19.7. The van der Waals surface area contributed by atoms with Crippen LogP contribution in [0.15, 0.2) is 47.5 Å². The second kappa shape index (κ2) is 6.82. The van der Waals surface area contributed by atoms with Crippen molar-refractivity contribution in [3.63, 3.8) is 0 Å². The summed E-state index contributed by atoms with van der Waals surface area (Å²) in [4.78, 5) is 19.9. The van der Waals surface area contributed by atoms with Crippen molar-refractivity contribution in [1.29, 1.82) is 0 Å². The van der Waals surface area contributed by atoms with Gasteiger partial charge in [-0.05, 0) is 30.7 Å². The van der Waals surface area contributed by atoms with Crippen LogP contribution in [0, 0.1) is 5.82 Å². The van der Waals surface area contributed by atoms with Crippen LogP contribution in [0.3, 0.4) is 0 Å². The number of halogens is 1. The zero-order chi connectivity index (χ0) is 16.1. The second-order valence-electron chi connectivity index (χ2n) is 4.84. The van der Waals surface area contributed by atoms with E-state index in [0.29, 0.717) is 12.1 Å². The first-order valence-corrected chi connectivity index (χ1v) is 7.06. The number of aryl methyl sites for hydroxylation is 1. The molecule has 0 spiro atoms. The number of nitrogens with one attached hydrogen (secondary N) is 1. The highest BCUT2D eigenvalue weighted by molar-refractivity contribution is 5.89. The Bertz CT molecular complexity index is 768. The molecular weight excluding hydrogens is 301 g/mol. The van der Waals surface area contributed by atoms with Crippen LogP contribution in [0.5, 0.6) is 0 Å². The molecule has 0 fully saturated rings. The molecule has 0 atom stereocenters. The summed E-state index contributed by atoms with van der Waals surface area (Å²) in [6.45, 7) is 1.23. The Balaban J connectivity index is 1.52. The normalized spacial score (nSPS) is 10.7. The Labute approximate surface area is 131 Å². The van der Waals surface area contributed by atoms with E-state index < -0.39 is 5.91 Å². The largest absolute Gasteiger partial charge is 0.348 e. The molecule has 118 valence electrons. The maximum atomic E-state index is 12.9. The molecule has 2 aromatic heterocycles. The van der Waals surface area contributed by atoms with Gasteiger partial charge in [-0.2, -0.15) is 4.98 Å². The van der Waals surface area contributed by atoms with Crippen LogP contribution in [-0.2, 0) is 6.54 Å². The van der Waals surface area contributed by atoms with Crippen molar-refractivity contribution in [2.75, 3.05) is 6.54 Å². The molecule has 7 nitrogen and oxygen atoms in total. The van der Waals surface area contributed by atoms with Gasteiger partial charge in [0.15, 0.2) is 0 Å². The van der Waals surface area contributed by atoms with Crippen molar-refractivity contribution in [2.45, 2.75) is 13.0 Å². The number of imidazole rings is 1. The van der Waals surface area contributed by atoms with E-state index >= 15 is 0 Å². The van der Waals surface area contributed by atoms with Crippen molar-refractivity contribution >= 4 is 5.91 Å². The molecule has 23 heavy (non-hydrogen) atoms. The highest BCUT2D eigenvalue weighted by Crippen LogP contribution is 2.15. The van der Waals surface area contributed by atoms with E-state index in [4.69, 9.17) is 4.52 Å². The van der Waals surface area contributed by atoms with Gasteiger partial charge in [0, 0.05) is 31.0 Å². The quantitative estimate of drug-likeness (QED) is 0.702. The molecule has 2 heterocycles. The van der Waals surface area contributed by atoms with Crippen LogP contribution in [0.25, 0.3) is 11.4 Å². The third-order valence-electron chi connectivity index (χ3n) is 3.16. The Morgan fingerprint density at radius 1 is 1.30 bits per heavy atom. The number of benzene rings is 1. The predicted octanol–water partition coefficient (Wildman–Crippen LogP) is 1.89. The van der Waals surface area contributed by atoms with Crippen LogP contribution in [0.4, 0.5) is 4.39 Å². The number of rotatable bonds is 6. The summed E-state index contributed by atoms with van der Waals surface area (Å²) in [5, 5.41) is 6.43. The average Bonchev–Trinajstić information content (AvgIpc) is 3.24. The highest BCUT2D eigenvalue weighted by atomic mass is 19.1. The first kappa shape index (κ1) is 14.9. The molecule has 1 amide bonds. The average molecular weight is 315 g/mol. The number of amides is 1. The Kier molecular flexibility index (Phi) is 4.41. The van der Waals surface area contributed by atoms with Gasteiger partial charge in [0.05, 0.1) is 6.33 Å². The monoisotopic (exact) mass is 315 g/mol. The lowest BCUT2D eigenvalue weighted by Gasteiger charge is -2.02. The predicted molar refractivity (Wildman–Crippen MR) is 78.9 cm³/mol. The van der Waals surface area contributed by atoms with Gasteiger partial charge in [-0.1, -0.05) is 5.16 Å². The summed E-state index contributed by atoms with van der Waals surface area (Å²) in [7, 11) is 0. The van der Waals surface area contributed by atoms with Crippen LogP contribution in [-0.4, -0.2) is 32.1 Å². The molecule has 3 rings (SSSR count). The van der Waals surface area contributed by atoms with Crippen molar-refractivity contribution < 1.29 is 13.7 Å². The number of hydrogen-bond acceptors (Lipinski definition) is 5. The standard InChI is InChI=1S/C15H14FN5O2/c16-12-4-2-11(3-5-12)13-19-15(23-20-13)14(22)18-6-1-8-21-9-7-17-10-21/h2-5,7,9-10H,1,6,8H2,(H,18,22). The molecule has 1 N–H and O–H groups in total. The van der Waals surface area contributed by atoms with E-state index in [1.54, 1.807) is 12.5 Å². The lowest BCUT2D eigenvalue weighted by Crippen LogP contribution is -2.25. The van der Waals surface area contributed by atoms with E-state index in [0.717, 1.165) is 13.0 Å². The van der Waals surface area contributed by atoms with Crippen LogP contribution in [0.1, 0.15) is 17.1 Å². The maximum absolute atomic E-state index is 12.9. The topological polar surface area (TPSA) is 85.8 Å². The lowest BCUT2D eigenvalue weighted by atomic mass is 10.2. The molecule has 0 saturated heterocycles. The van der Waals surface area contributed by atoms with Gasteiger partial charge in [0.25, 0.3) is 0 Å². The van der Waals surface area contributed by atoms with Gasteiger partial charge < -0.3 is 14.4 Å². The van der Waals surface area contributed by atoms with Gasteiger partial charge in [0.2, 0.25) is 5.82 Å². The minimum atomic E-state index is -0.434. The van der Waals surface area contributed by atoms with Crippen molar-refractivity contribution in [1.82, 2.24) is 25.0 Å². The molecule has 8 heteroatoms. The molecule has 0 aliphatic rings. The van der Waals surface area contributed by atoms with Crippen molar-refractivity contribution in [3.05, 3.63) is 54.7 Å². The van der Waals surface area contributed by atoms with Crippen LogP contribution >= 0.6 is 0 Å². The second-order valence-corrected chi connectivity index (χ2v) is 4.84. The van der Waals surface area contributed by atoms with E-state index in [2.05, 4.69) is 20.4 Å². The van der Waals surface area contributed by atoms with Crippen molar-refractivity contribution in [2.24, 2.45) is 0 Å². The number of aromatic nitrogens is 4. The fourth-order valence-electron chi connectivity index (χ4n) is 1.99. The minimum Gasteiger partial charge on any atom is -0.348 e. The fourth-order valence-corrected chi connectivity index (χ4v) is 1.99. The van der Waals surface area contributed by atoms with Crippen LogP contribution < -0.4 is 5.32 Å². The molecule has 0 radical (unpaired) electrons. The third kappa shape index (κ3) is 3.79. The maximum Gasteiger partial charge on any atom is 0.316 e. The summed E-state index contributed by atoms with van der Waals surface area (Å²) in [6, 6.07) is 5.63. The molecule has 0 bridgehead atoms. The Hall–Kier alpha value is -3.03. The minimum absolute atomic E-state index is 0.119. The first-order valence-electron chi connectivity index (χ1n) is 7.06. The van der Waals surface area contributed by atoms with Gasteiger partial charge in [0.1, 0.15) is 5.82 Å². The highest BCUT2D eigenvalue weighted by Gasteiger charge is 2.15. The fraction of sp³-hybridized carbons (Fsp3) is 0.200. The smallest absolute Gasteiger partial charge is 0.316 e. The molecule has 0 aliphatic carbocycles. The molecule has 3 aromatic rings. The number of carbonyl (C=O) groups is 1. The number of carbonyl (C=O) groups excluding carboxylic acids is 1. The van der Waals surface area contributed by atoms with E-state index in [1.807, 2.05) is 10.8 Å². The SMILES string of the molecule is O=C(NCCCn1ccnc1)c1nc(-c2ccc(F)cc2)no1. The van der Waals surface area contributed by atoms with E-state index in [1.165, 1.54) is 24.3 Å². The van der Waals surface area contributed by atoms with Crippen molar-refractivity contribution in [3.8, 4) is 11.4 Å². The van der Waals surface area contributed by atoms with Gasteiger partial charge in [-0.3, -0.25) is 4.79 Å². The zero-order valence-corrected chi connectivity index (χ0v) is 12.1. The van der Waals surface area contributed by atoms with Gasteiger partial charge >= 0.3 is 11.8 Å². The summed E-state index contributed by atoms with van der Waals surface area (Å²) in [6.07, 6.45) is 6.03. The molecular formula is C15H14FN5O2. The molecule has 0 aliphatic heterocycles. The van der Waals surface area contributed by atoms with Gasteiger partial charge in [-0.25, -0.2) is 9.37 Å². The molecule has 1 aromatic carbocycles. The summed E-state index contributed by atoms with van der Waals surface area (Å²) in [5.41, 5.74) is 0.578. The third-order valence-corrected chi connectivity index (χ3v) is 3.16. The number of nitrogens with zero attached hydrogens (tertiary/aromatic N) is 4. The Morgan fingerprint density at radius 3 is 2.87 bits per heavy atom. The lowest BCUT2D eigenvalue weighted by molar-refractivity contribution is 0.0909. The molecule has 0 unspecified atom stereocenters. The molecule has 0 saturated carbocycles. The first-order chi connectivity index (χ1) is 11.2. The van der Waals surface area contributed by atoms with Gasteiger partial charge in [-0.15, -0.1) is 0 Å². The van der Waals surface area contributed by atoms with E-state index in [-0.39, 0.29) is 17.5 Å².